The molecule has 0 saturated heterocycles. The molecule has 0 bridgehead atoms. The number of hydrogen-bond donors (Lipinski definition) is 0. The number of carbonyl (C=O) groups is 1. The van der Waals surface area contributed by atoms with Crippen LogP contribution in [0.3, 0.4) is 0 Å². The Morgan fingerprint density at radius 3 is 2.43 bits per heavy atom. The maximum Gasteiger partial charge on any atom is 0.222 e. The average Bonchev–Trinajstić information content (AvgIpc) is 2.75. The van der Waals surface area contributed by atoms with Gasteiger partial charge in [-0.05, 0) is 43.2 Å². The third-order valence-corrected chi connectivity index (χ3v) is 4.66. The minimum Gasteiger partial charge on any atom is -0.497 e. The molecule has 1 atom stereocenters. The molecule has 2 rings (SSSR count). The quantitative estimate of drug-likeness (QED) is 0.614. The van der Waals surface area contributed by atoms with Gasteiger partial charge in [-0.25, -0.2) is 0 Å². The lowest BCUT2D eigenvalue weighted by Gasteiger charge is -2.25. The number of methoxy groups -OCH3 is 2. The first kappa shape index (κ1) is 21.1. The molecule has 2 aromatic rings. The average molecular weight is 382 g/mol. The van der Waals surface area contributed by atoms with Crippen LogP contribution in [0.5, 0.6) is 17.2 Å². The number of hydrogen-bond acceptors (Lipinski definition) is 5. The van der Waals surface area contributed by atoms with Crippen molar-refractivity contribution in [3.63, 3.8) is 0 Å². The highest BCUT2D eigenvalue weighted by atomic mass is 16.5. The Kier molecular flexibility index (Phi) is 7.70. The Bertz CT molecular complexity index is 827. The summed E-state index contributed by atoms with van der Waals surface area (Å²) in [5.41, 5.74) is 1.56. The lowest BCUT2D eigenvalue weighted by molar-refractivity contribution is -0.132. The second kappa shape index (κ2) is 10.2. The minimum atomic E-state index is -0.0297. The maximum absolute atomic E-state index is 12.5. The molecule has 0 fully saturated rings. The van der Waals surface area contributed by atoms with E-state index in [1.165, 1.54) is 7.11 Å². The second-order valence-electron chi connectivity index (χ2n) is 6.38. The number of ether oxygens (including phenoxy) is 3. The molecule has 0 N–H and O–H groups in total. The van der Waals surface area contributed by atoms with E-state index in [2.05, 4.69) is 6.07 Å². The standard InChI is InChI=1S/C22H26N2O4/c1-16(18-8-10-19(26-3)11-9-18)24(2)22(25)6-5-13-28-20-12-7-17(15-23)14-21(20)27-4/h7-12,14,16H,5-6,13H2,1-4H3. The predicted molar refractivity (Wildman–Crippen MR) is 107 cm³/mol. The molecule has 0 aliphatic heterocycles. The number of nitrogens with zero attached hydrogens (tertiary/aromatic N) is 2. The van der Waals surface area contributed by atoms with Gasteiger partial charge in [-0.15, -0.1) is 0 Å². The predicted octanol–water partition coefficient (Wildman–Crippen LogP) is 3.95. The molecule has 0 heterocycles. The molecule has 0 spiro atoms. The number of benzene rings is 2. The number of rotatable bonds is 9. The first-order chi connectivity index (χ1) is 13.5. The molecule has 1 unspecified atom stereocenters. The van der Waals surface area contributed by atoms with Crippen LogP contribution in [0, 0.1) is 11.3 Å². The monoisotopic (exact) mass is 382 g/mol. The first-order valence-corrected chi connectivity index (χ1v) is 9.10. The highest BCUT2D eigenvalue weighted by Gasteiger charge is 2.17. The van der Waals surface area contributed by atoms with Gasteiger partial charge >= 0.3 is 0 Å². The third-order valence-electron chi connectivity index (χ3n) is 4.66. The molecule has 1 amide bonds. The van der Waals surface area contributed by atoms with Gasteiger partial charge in [0.1, 0.15) is 5.75 Å². The molecule has 0 aromatic heterocycles. The molecule has 0 aliphatic carbocycles. The maximum atomic E-state index is 12.5. The van der Waals surface area contributed by atoms with Crippen molar-refractivity contribution >= 4 is 5.91 Å². The molecular formula is C22H26N2O4. The third kappa shape index (κ3) is 5.40. The van der Waals surface area contributed by atoms with Crippen molar-refractivity contribution in [1.29, 1.82) is 5.26 Å². The van der Waals surface area contributed by atoms with Crippen molar-refractivity contribution in [2.24, 2.45) is 0 Å². The van der Waals surface area contributed by atoms with Crippen LogP contribution in [0.1, 0.15) is 36.9 Å². The van der Waals surface area contributed by atoms with E-state index < -0.39 is 0 Å². The van der Waals surface area contributed by atoms with Gasteiger partial charge in [-0.3, -0.25) is 4.79 Å². The van der Waals surface area contributed by atoms with Gasteiger partial charge in [-0.1, -0.05) is 12.1 Å². The number of amides is 1. The van der Waals surface area contributed by atoms with Gasteiger partial charge in [-0.2, -0.15) is 5.26 Å². The summed E-state index contributed by atoms with van der Waals surface area (Å²) in [6.07, 6.45) is 0.969. The van der Waals surface area contributed by atoms with Crippen LogP contribution < -0.4 is 14.2 Å². The summed E-state index contributed by atoms with van der Waals surface area (Å²) in [6, 6.07) is 14.8. The molecule has 148 valence electrons. The van der Waals surface area contributed by atoms with Gasteiger partial charge in [0.2, 0.25) is 5.91 Å². The van der Waals surface area contributed by atoms with E-state index in [-0.39, 0.29) is 11.9 Å². The van der Waals surface area contributed by atoms with Crippen LogP contribution in [-0.4, -0.2) is 38.7 Å². The lowest BCUT2D eigenvalue weighted by atomic mass is 10.1. The van der Waals surface area contributed by atoms with E-state index in [0.717, 1.165) is 11.3 Å². The number of nitriles is 1. The summed E-state index contributed by atoms with van der Waals surface area (Å²) < 4.78 is 16.1. The van der Waals surface area contributed by atoms with Gasteiger partial charge in [0, 0.05) is 19.5 Å². The van der Waals surface area contributed by atoms with E-state index >= 15 is 0 Å². The van der Waals surface area contributed by atoms with E-state index in [4.69, 9.17) is 19.5 Å². The zero-order chi connectivity index (χ0) is 20.5. The summed E-state index contributed by atoms with van der Waals surface area (Å²) >= 11 is 0. The summed E-state index contributed by atoms with van der Waals surface area (Å²) in [6.45, 7) is 2.39. The van der Waals surface area contributed by atoms with Crippen molar-refractivity contribution in [2.45, 2.75) is 25.8 Å². The SMILES string of the molecule is COc1ccc(C(C)N(C)C(=O)CCCOc2ccc(C#N)cc2OC)cc1. The van der Waals surface area contributed by atoms with Gasteiger partial charge in [0.05, 0.1) is 38.5 Å². The zero-order valence-corrected chi connectivity index (χ0v) is 16.8. The van der Waals surface area contributed by atoms with Crippen LogP contribution >= 0.6 is 0 Å². The van der Waals surface area contributed by atoms with Crippen molar-refractivity contribution in [3.8, 4) is 23.3 Å². The Morgan fingerprint density at radius 1 is 1.11 bits per heavy atom. The van der Waals surface area contributed by atoms with Gasteiger partial charge < -0.3 is 19.1 Å². The molecule has 2 aromatic carbocycles. The van der Waals surface area contributed by atoms with E-state index in [9.17, 15) is 4.79 Å². The fraction of sp³-hybridized carbons (Fsp3) is 0.364. The summed E-state index contributed by atoms with van der Waals surface area (Å²) in [5.74, 6) is 1.92. The molecule has 6 nitrogen and oxygen atoms in total. The van der Waals surface area contributed by atoms with E-state index in [1.807, 2.05) is 38.2 Å². The normalized spacial score (nSPS) is 11.2. The summed E-state index contributed by atoms with van der Waals surface area (Å²) in [7, 11) is 4.97. The molecule has 0 saturated carbocycles. The fourth-order valence-corrected chi connectivity index (χ4v) is 2.76. The van der Waals surface area contributed by atoms with Crippen molar-refractivity contribution < 1.29 is 19.0 Å². The molecule has 0 radical (unpaired) electrons. The van der Waals surface area contributed by atoms with Crippen LogP contribution in [0.15, 0.2) is 42.5 Å². The fourth-order valence-electron chi connectivity index (χ4n) is 2.76. The number of carbonyl (C=O) groups excluding carboxylic acids is 1. The molecule has 0 aliphatic rings. The Balaban J connectivity index is 1.84. The Labute approximate surface area is 166 Å². The van der Waals surface area contributed by atoms with Crippen LogP contribution in [0.25, 0.3) is 0 Å². The van der Waals surface area contributed by atoms with Crippen molar-refractivity contribution in [3.05, 3.63) is 53.6 Å². The topological polar surface area (TPSA) is 71.8 Å². The van der Waals surface area contributed by atoms with Crippen molar-refractivity contribution in [1.82, 2.24) is 4.90 Å². The summed E-state index contributed by atoms with van der Waals surface area (Å²) in [4.78, 5) is 14.2. The zero-order valence-electron chi connectivity index (χ0n) is 16.8. The second-order valence-corrected chi connectivity index (χ2v) is 6.38. The first-order valence-electron chi connectivity index (χ1n) is 9.10. The summed E-state index contributed by atoms with van der Waals surface area (Å²) in [5, 5.41) is 8.93. The van der Waals surface area contributed by atoms with Crippen LogP contribution in [-0.2, 0) is 4.79 Å². The van der Waals surface area contributed by atoms with Gasteiger partial charge in [0.25, 0.3) is 0 Å². The molecule has 28 heavy (non-hydrogen) atoms. The lowest BCUT2D eigenvalue weighted by Crippen LogP contribution is -2.29. The largest absolute Gasteiger partial charge is 0.497 e. The Morgan fingerprint density at radius 2 is 1.82 bits per heavy atom. The molecule has 6 heteroatoms. The highest BCUT2D eigenvalue weighted by molar-refractivity contribution is 5.76. The van der Waals surface area contributed by atoms with Crippen LogP contribution in [0.4, 0.5) is 0 Å². The van der Waals surface area contributed by atoms with E-state index in [1.54, 1.807) is 30.2 Å². The van der Waals surface area contributed by atoms with Gasteiger partial charge in [0.15, 0.2) is 11.5 Å². The Hall–Kier alpha value is -3.20. The molecular weight excluding hydrogens is 356 g/mol. The smallest absolute Gasteiger partial charge is 0.222 e. The van der Waals surface area contributed by atoms with E-state index in [0.29, 0.717) is 36.5 Å². The van der Waals surface area contributed by atoms with Crippen LogP contribution in [0.2, 0.25) is 0 Å². The highest BCUT2D eigenvalue weighted by Crippen LogP contribution is 2.28. The van der Waals surface area contributed by atoms with Crippen molar-refractivity contribution in [2.75, 3.05) is 27.9 Å². The minimum absolute atomic E-state index is 0.0297.